The Morgan fingerprint density at radius 1 is 1.08 bits per heavy atom. The van der Waals surface area contributed by atoms with Crippen LogP contribution in [0.25, 0.3) is 0 Å². The minimum atomic E-state index is -3.68. The van der Waals surface area contributed by atoms with Crippen LogP contribution in [-0.2, 0) is 16.4 Å². The predicted octanol–water partition coefficient (Wildman–Crippen LogP) is 2.87. The molecule has 0 fully saturated rings. The standard InChI is InChI=1S/C19H23FN2O3S/c1-13(2)22-26(24,25)17-9-6-8-16(12-17)19(23)21-14(3)11-15-7-4-5-10-18(15)20/h4-10,12-14,22H,11H2,1-3H3,(H,21,23). The number of hydrogen-bond donors (Lipinski definition) is 2. The van der Waals surface area contributed by atoms with Crippen molar-refractivity contribution >= 4 is 15.9 Å². The first kappa shape index (κ1) is 20.1. The summed E-state index contributed by atoms with van der Waals surface area (Å²) in [5.74, 6) is -0.725. The smallest absolute Gasteiger partial charge is 0.251 e. The lowest BCUT2D eigenvalue weighted by molar-refractivity contribution is 0.0939. The van der Waals surface area contributed by atoms with E-state index in [9.17, 15) is 17.6 Å². The second-order valence-electron chi connectivity index (χ2n) is 6.47. The summed E-state index contributed by atoms with van der Waals surface area (Å²) in [5, 5.41) is 2.77. The Hall–Kier alpha value is -2.25. The molecule has 0 radical (unpaired) electrons. The third-order valence-electron chi connectivity index (χ3n) is 3.66. The first-order valence-electron chi connectivity index (χ1n) is 8.35. The Balaban J connectivity index is 2.10. The molecular weight excluding hydrogens is 355 g/mol. The molecule has 1 atom stereocenters. The normalized spacial score (nSPS) is 12.8. The van der Waals surface area contributed by atoms with Crippen LogP contribution in [0.2, 0.25) is 0 Å². The molecule has 0 saturated carbocycles. The Bertz CT molecular complexity index is 882. The number of rotatable bonds is 7. The van der Waals surface area contributed by atoms with E-state index >= 15 is 0 Å². The molecule has 2 aromatic rings. The molecule has 26 heavy (non-hydrogen) atoms. The average molecular weight is 378 g/mol. The van der Waals surface area contributed by atoms with Crippen LogP contribution >= 0.6 is 0 Å². The van der Waals surface area contributed by atoms with Crippen LogP contribution in [0.5, 0.6) is 0 Å². The molecule has 0 aliphatic carbocycles. The summed E-state index contributed by atoms with van der Waals surface area (Å²) in [6.45, 7) is 5.21. The van der Waals surface area contributed by atoms with Gasteiger partial charge in [-0.05, 0) is 57.0 Å². The van der Waals surface area contributed by atoms with Gasteiger partial charge in [0, 0.05) is 17.6 Å². The molecule has 0 bridgehead atoms. The van der Waals surface area contributed by atoms with Crippen molar-refractivity contribution in [3.8, 4) is 0 Å². The van der Waals surface area contributed by atoms with Gasteiger partial charge in [0.25, 0.3) is 5.91 Å². The van der Waals surface area contributed by atoms with Crippen molar-refractivity contribution in [1.29, 1.82) is 0 Å². The van der Waals surface area contributed by atoms with Crippen LogP contribution in [0.4, 0.5) is 4.39 Å². The van der Waals surface area contributed by atoms with Gasteiger partial charge in [-0.3, -0.25) is 4.79 Å². The van der Waals surface area contributed by atoms with Crippen LogP contribution in [0.1, 0.15) is 36.7 Å². The van der Waals surface area contributed by atoms with Crippen LogP contribution in [0.15, 0.2) is 53.4 Å². The third kappa shape index (κ3) is 5.37. The zero-order chi connectivity index (χ0) is 19.3. The number of sulfonamides is 1. The molecule has 0 saturated heterocycles. The number of hydrogen-bond acceptors (Lipinski definition) is 3. The maximum absolute atomic E-state index is 13.7. The van der Waals surface area contributed by atoms with Gasteiger partial charge >= 0.3 is 0 Å². The summed E-state index contributed by atoms with van der Waals surface area (Å²) in [5.41, 5.74) is 0.745. The van der Waals surface area contributed by atoms with E-state index in [0.29, 0.717) is 12.0 Å². The molecule has 0 spiro atoms. The highest BCUT2D eigenvalue weighted by Crippen LogP contribution is 2.13. The molecule has 1 amide bonds. The van der Waals surface area contributed by atoms with Crippen LogP contribution < -0.4 is 10.0 Å². The van der Waals surface area contributed by atoms with E-state index < -0.39 is 15.9 Å². The number of benzene rings is 2. The Morgan fingerprint density at radius 3 is 2.42 bits per heavy atom. The van der Waals surface area contributed by atoms with Gasteiger partial charge in [0.2, 0.25) is 10.0 Å². The van der Waals surface area contributed by atoms with Gasteiger partial charge in [-0.15, -0.1) is 0 Å². The second-order valence-corrected chi connectivity index (χ2v) is 8.19. The molecule has 2 N–H and O–H groups in total. The Morgan fingerprint density at radius 2 is 1.77 bits per heavy atom. The Kier molecular flexibility index (Phi) is 6.50. The molecule has 0 heterocycles. The average Bonchev–Trinajstić information content (AvgIpc) is 2.56. The quantitative estimate of drug-likeness (QED) is 0.778. The number of nitrogens with one attached hydrogen (secondary N) is 2. The molecule has 0 aliphatic rings. The Labute approximate surface area is 153 Å². The van der Waals surface area contributed by atoms with E-state index in [1.807, 2.05) is 0 Å². The second kappa shape index (κ2) is 8.42. The maximum Gasteiger partial charge on any atom is 0.251 e. The molecule has 0 aliphatic heterocycles. The fourth-order valence-electron chi connectivity index (χ4n) is 2.53. The zero-order valence-corrected chi connectivity index (χ0v) is 15.8. The van der Waals surface area contributed by atoms with Crippen LogP contribution in [-0.4, -0.2) is 26.4 Å². The lowest BCUT2D eigenvalue weighted by Gasteiger charge is -2.15. The van der Waals surface area contributed by atoms with Gasteiger partial charge < -0.3 is 5.32 Å². The van der Waals surface area contributed by atoms with E-state index in [1.54, 1.807) is 45.0 Å². The molecule has 7 heteroatoms. The van der Waals surface area contributed by atoms with E-state index in [1.165, 1.54) is 24.3 Å². The summed E-state index contributed by atoms with van der Waals surface area (Å²) in [7, 11) is -3.68. The SMILES string of the molecule is CC(C)NS(=O)(=O)c1cccc(C(=O)NC(C)Cc2ccccc2F)c1. The molecule has 140 valence electrons. The summed E-state index contributed by atoms with van der Waals surface area (Å²) < 4.78 is 40.7. The summed E-state index contributed by atoms with van der Waals surface area (Å²) >= 11 is 0. The maximum atomic E-state index is 13.7. The first-order chi connectivity index (χ1) is 12.2. The first-order valence-corrected chi connectivity index (χ1v) is 9.84. The predicted molar refractivity (Wildman–Crippen MR) is 98.9 cm³/mol. The molecule has 2 rings (SSSR count). The lowest BCUT2D eigenvalue weighted by Crippen LogP contribution is -2.34. The number of halogens is 1. The monoisotopic (exact) mass is 378 g/mol. The van der Waals surface area contributed by atoms with E-state index in [-0.39, 0.29) is 28.4 Å². The van der Waals surface area contributed by atoms with Crippen molar-refractivity contribution in [3.63, 3.8) is 0 Å². The van der Waals surface area contributed by atoms with Crippen molar-refractivity contribution < 1.29 is 17.6 Å². The third-order valence-corrected chi connectivity index (χ3v) is 5.32. The van der Waals surface area contributed by atoms with Crippen LogP contribution in [0, 0.1) is 5.82 Å². The molecule has 5 nitrogen and oxygen atoms in total. The van der Waals surface area contributed by atoms with Gasteiger partial charge in [0.15, 0.2) is 0 Å². The topological polar surface area (TPSA) is 75.3 Å². The van der Waals surface area contributed by atoms with E-state index in [4.69, 9.17) is 0 Å². The summed E-state index contributed by atoms with van der Waals surface area (Å²) in [4.78, 5) is 12.4. The van der Waals surface area contributed by atoms with Crippen molar-refractivity contribution in [1.82, 2.24) is 10.0 Å². The molecule has 2 aromatic carbocycles. The molecule has 0 aromatic heterocycles. The van der Waals surface area contributed by atoms with Gasteiger partial charge in [-0.2, -0.15) is 0 Å². The highest BCUT2D eigenvalue weighted by molar-refractivity contribution is 7.89. The number of carbonyl (C=O) groups is 1. The fraction of sp³-hybridized carbons (Fsp3) is 0.316. The minimum absolute atomic E-state index is 0.0283. The van der Waals surface area contributed by atoms with E-state index in [0.717, 1.165) is 0 Å². The molecule has 1 unspecified atom stereocenters. The van der Waals surface area contributed by atoms with E-state index in [2.05, 4.69) is 10.0 Å². The fourth-order valence-corrected chi connectivity index (χ4v) is 3.83. The highest BCUT2D eigenvalue weighted by Gasteiger charge is 2.18. The van der Waals surface area contributed by atoms with Crippen molar-refractivity contribution in [3.05, 3.63) is 65.5 Å². The van der Waals surface area contributed by atoms with Crippen LogP contribution in [0.3, 0.4) is 0 Å². The zero-order valence-electron chi connectivity index (χ0n) is 15.0. The lowest BCUT2D eigenvalue weighted by atomic mass is 10.1. The summed E-state index contributed by atoms with van der Waals surface area (Å²) in [6, 6.07) is 11.7. The van der Waals surface area contributed by atoms with Gasteiger partial charge in [-0.1, -0.05) is 24.3 Å². The number of carbonyl (C=O) groups excluding carboxylic acids is 1. The minimum Gasteiger partial charge on any atom is -0.349 e. The van der Waals surface area contributed by atoms with Gasteiger partial charge in [0.1, 0.15) is 5.82 Å². The van der Waals surface area contributed by atoms with Crippen molar-refractivity contribution in [2.24, 2.45) is 0 Å². The summed E-state index contributed by atoms with van der Waals surface area (Å²) in [6.07, 6.45) is 0.339. The van der Waals surface area contributed by atoms with Gasteiger partial charge in [-0.25, -0.2) is 17.5 Å². The van der Waals surface area contributed by atoms with Crippen molar-refractivity contribution in [2.75, 3.05) is 0 Å². The number of amides is 1. The highest BCUT2D eigenvalue weighted by atomic mass is 32.2. The van der Waals surface area contributed by atoms with Gasteiger partial charge in [0.05, 0.1) is 4.90 Å². The van der Waals surface area contributed by atoms with Crippen molar-refractivity contribution in [2.45, 2.75) is 44.2 Å². The molecular formula is C19H23FN2O3S. The largest absolute Gasteiger partial charge is 0.349 e.